The Hall–Kier alpha value is -3.73. The highest BCUT2D eigenvalue weighted by molar-refractivity contribution is 9.10. The number of nitrogens with one attached hydrogen (secondary N) is 1. The second-order valence-electron chi connectivity index (χ2n) is 10.6. The number of sulfonamides is 1. The van der Waals surface area contributed by atoms with Crippen molar-refractivity contribution in [2.75, 3.05) is 10.8 Å². The minimum atomic E-state index is -4.32. The molecule has 0 aliphatic rings. The van der Waals surface area contributed by atoms with Crippen LogP contribution in [-0.4, -0.2) is 43.8 Å². The van der Waals surface area contributed by atoms with Crippen molar-refractivity contribution in [1.82, 2.24) is 10.2 Å². The Labute approximate surface area is 277 Å². The fourth-order valence-electron chi connectivity index (χ4n) is 4.72. The topological polar surface area (TPSA) is 86.8 Å². The molecule has 7 nitrogen and oxygen atoms in total. The number of anilines is 1. The lowest BCUT2D eigenvalue weighted by molar-refractivity contribution is -0.140. The van der Waals surface area contributed by atoms with E-state index < -0.39 is 34.3 Å². The van der Waals surface area contributed by atoms with E-state index in [0.717, 1.165) is 26.0 Å². The first-order valence-corrected chi connectivity index (χ1v) is 17.0. The van der Waals surface area contributed by atoms with E-state index in [9.17, 15) is 22.4 Å². The van der Waals surface area contributed by atoms with Crippen LogP contribution in [0.4, 0.5) is 10.1 Å². The Morgan fingerprint density at radius 1 is 0.911 bits per heavy atom. The van der Waals surface area contributed by atoms with Crippen molar-refractivity contribution in [3.05, 3.63) is 130 Å². The lowest BCUT2D eigenvalue weighted by Gasteiger charge is -2.34. The average molecular weight is 715 g/mol. The SMILES string of the molecule is CC[C@H](C)NC(=O)[C@@H](Cc1ccccc1)N(Cc1cccc(Br)c1)C(=O)CN(c1ccc(F)c(Cl)c1)S(=O)(=O)c1ccccc1. The summed E-state index contributed by atoms with van der Waals surface area (Å²) in [6.07, 6.45) is 0.870. The fraction of sp³-hybridized carbons (Fsp3) is 0.235. The Morgan fingerprint density at radius 2 is 1.56 bits per heavy atom. The van der Waals surface area contributed by atoms with Gasteiger partial charge in [0.05, 0.1) is 15.6 Å². The molecule has 0 unspecified atom stereocenters. The smallest absolute Gasteiger partial charge is 0.264 e. The molecule has 0 spiro atoms. The van der Waals surface area contributed by atoms with E-state index in [-0.39, 0.29) is 40.5 Å². The molecule has 0 saturated carbocycles. The third-order valence-corrected chi connectivity index (χ3v) is 9.89. The molecule has 0 fully saturated rings. The molecule has 4 aromatic rings. The van der Waals surface area contributed by atoms with Gasteiger partial charge in [-0.15, -0.1) is 0 Å². The Kier molecular flexibility index (Phi) is 11.8. The number of benzene rings is 4. The second-order valence-corrected chi connectivity index (χ2v) is 13.8. The molecule has 0 aromatic heterocycles. The summed E-state index contributed by atoms with van der Waals surface area (Å²) in [5.41, 5.74) is 1.56. The number of amides is 2. The summed E-state index contributed by atoms with van der Waals surface area (Å²) in [5.74, 6) is -1.72. The summed E-state index contributed by atoms with van der Waals surface area (Å²) in [5, 5.41) is 2.71. The first kappa shape index (κ1) is 34.1. The van der Waals surface area contributed by atoms with Gasteiger partial charge in [0.1, 0.15) is 18.4 Å². The van der Waals surface area contributed by atoms with Crippen LogP contribution in [0.15, 0.2) is 112 Å². The normalized spacial score (nSPS) is 12.6. The molecule has 1 N–H and O–H groups in total. The summed E-state index contributed by atoms with van der Waals surface area (Å²) >= 11 is 9.54. The molecule has 45 heavy (non-hydrogen) atoms. The van der Waals surface area contributed by atoms with E-state index in [1.807, 2.05) is 68.4 Å². The zero-order chi connectivity index (χ0) is 32.6. The summed E-state index contributed by atoms with van der Waals surface area (Å²) in [7, 11) is -4.32. The monoisotopic (exact) mass is 713 g/mol. The van der Waals surface area contributed by atoms with Crippen LogP contribution in [-0.2, 0) is 32.6 Å². The number of hydrogen-bond donors (Lipinski definition) is 1. The number of rotatable bonds is 13. The second kappa shape index (κ2) is 15.5. The molecule has 0 heterocycles. The molecule has 4 aromatic carbocycles. The van der Waals surface area contributed by atoms with Gasteiger partial charge in [-0.3, -0.25) is 13.9 Å². The van der Waals surface area contributed by atoms with E-state index in [2.05, 4.69) is 21.2 Å². The first-order valence-electron chi connectivity index (χ1n) is 14.4. The number of carbonyl (C=O) groups excluding carboxylic acids is 2. The molecule has 0 aliphatic carbocycles. The highest BCUT2D eigenvalue weighted by atomic mass is 79.9. The van der Waals surface area contributed by atoms with Crippen molar-refractivity contribution < 1.29 is 22.4 Å². The van der Waals surface area contributed by atoms with Crippen molar-refractivity contribution in [3.8, 4) is 0 Å². The molecule has 4 rings (SSSR count). The number of halogens is 3. The summed E-state index contributed by atoms with van der Waals surface area (Å²) in [4.78, 5) is 29.7. The average Bonchev–Trinajstić information content (AvgIpc) is 3.03. The van der Waals surface area contributed by atoms with E-state index in [1.54, 1.807) is 18.2 Å². The summed E-state index contributed by atoms with van der Waals surface area (Å²) in [6.45, 7) is 3.17. The third kappa shape index (κ3) is 8.93. The maximum absolute atomic E-state index is 14.5. The molecule has 0 aliphatic heterocycles. The first-order chi connectivity index (χ1) is 21.5. The largest absolute Gasteiger partial charge is 0.352 e. The van der Waals surface area contributed by atoms with Gasteiger partial charge in [0.15, 0.2) is 0 Å². The number of hydrogen-bond acceptors (Lipinski definition) is 4. The van der Waals surface area contributed by atoms with Crippen LogP contribution in [0.2, 0.25) is 5.02 Å². The Bertz CT molecular complexity index is 1730. The predicted octanol–water partition coefficient (Wildman–Crippen LogP) is 6.99. The van der Waals surface area contributed by atoms with E-state index >= 15 is 0 Å². The lowest BCUT2D eigenvalue weighted by atomic mass is 10.0. The van der Waals surface area contributed by atoms with Crippen LogP contribution in [0, 0.1) is 5.82 Å². The molecule has 0 bridgehead atoms. The van der Waals surface area contributed by atoms with Crippen LogP contribution in [0.5, 0.6) is 0 Å². The van der Waals surface area contributed by atoms with Gasteiger partial charge in [-0.05, 0) is 66.9 Å². The molecule has 2 amide bonds. The van der Waals surface area contributed by atoms with E-state index in [1.165, 1.54) is 29.2 Å². The molecular formula is C34H34BrClFN3O4S. The summed E-state index contributed by atoms with van der Waals surface area (Å²) in [6, 6.07) is 26.6. The van der Waals surface area contributed by atoms with Gasteiger partial charge in [-0.1, -0.05) is 95.1 Å². The van der Waals surface area contributed by atoms with Gasteiger partial charge in [-0.25, -0.2) is 12.8 Å². The van der Waals surface area contributed by atoms with Crippen LogP contribution >= 0.6 is 27.5 Å². The number of carbonyl (C=O) groups is 2. The Morgan fingerprint density at radius 3 is 2.18 bits per heavy atom. The standard InChI is InChI=1S/C34H34BrClFN3O4S/c1-3-24(2)38-34(42)32(20-25-11-6-4-7-12-25)39(22-26-13-10-14-27(35)19-26)33(41)23-40(28-17-18-31(37)30(36)21-28)45(43,44)29-15-8-5-9-16-29/h4-19,21,24,32H,3,20,22-23H2,1-2H3,(H,38,42)/t24-,32+/m0/s1. The van der Waals surface area contributed by atoms with Gasteiger partial charge in [0.2, 0.25) is 11.8 Å². The number of nitrogens with zero attached hydrogens (tertiary/aromatic N) is 2. The quantitative estimate of drug-likeness (QED) is 0.162. The Balaban J connectivity index is 1.82. The van der Waals surface area contributed by atoms with Crippen LogP contribution in [0.1, 0.15) is 31.4 Å². The maximum Gasteiger partial charge on any atom is 0.264 e. The molecule has 2 atom stereocenters. The highest BCUT2D eigenvalue weighted by Gasteiger charge is 2.35. The molecule has 0 saturated heterocycles. The predicted molar refractivity (Wildman–Crippen MR) is 179 cm³/mol. The zero-order valence-electron chi connectivity index (χ0n) is 24.9. The molecule has 0 radical (unpaired) electrons. The van der Waals surface area contributed by atoms with Gasteiger partial charge in [-0.2, -0.15) is 0 Å². The van der Waals surface area contributed by atoms with Crippen LogP contribution in [0.3, 0.4) is 0 Å². The van der Waals surface area contributed by atoms with Crippen molar-refractivity contribution in [3.63, 3.8) is 0 Å². The lowest BCUT2D eigenvalue weighted by Crippen LogP contribution is -2.54. The van der Waals surface area contributed by atoms with Gasteiger partial charge < -0.3 is 10.2 Å². The zero-order valence-corrected chi connectivity index (χ0v) is 28.0. The van der Waals surface area contributed by atoms with Gasteiger partial charge in [0.25, 0.3) is 10.0 Å². The third-order valence-electron chi connectivity index (χ3n) is 7.32. The summed E-state index contributed by atoms with van der Waals surface area (Å²) < 4.78 is 43.8. The molecular weight excluding hydrogens is 681 g/mol. The van der Waals surface area contributed by atoms with Crippen LogP contribution < -0.4 is 9.62 Å². The van der Waals surface area contributed by atoms with Crippen LogP contribution in [0.25, 0.3) is 0 Å². The van der Waals surface area contributed by atoms with Crippen molar-refractivity contribution >= 4 is 55.1 Å². The van der Waals surface area contributed by atoms with E-state index in [4.69, 9.17) is 11.6 Å². The van der Waals surface area contributed by atoms with Gasteiger partial charge >= 0.3 is 0 Å². The highest BCUT2D eigenvalue weighted by Crippen LogP contribution is 2.28. The molecule has 11 heteroatoms. The maximum atomic E-state index is 14.5. The fourth-order valence-corrected chi connectivity index (χ4v) is 6.76. The minimum Gasteiger partial charge on any atom is -0.352 e. The minimum absolute atomic E-state index is 0.00433. The van der Waals surface area contributed by atoms with Gasteiger partial charge in [0, 0.05) is 23.5 Å². The van der Waals surface area contributed by atoms with E-state index in [0.29, 0.717) is 6.42 Å². The van der Waals surface area contributed by atoms with Crippen molar-refractivity contribution in [1.29, 1.82) is 0 Å². The molecule has 236 valence electrons. The van der Waals surface area contributed by atoms with Crippen molar-refractivity contribution in [2.45, 2.75) is 50.2 Å². The van der Waals surface area contributed by atoms with Crippen molar-refractivity contribution in [2.24, 2.45) is 0 Å².